The van der Waals surface area contributed by atoms with E-state index in [1.54, 1.807) is 11.3 Å². The van der Waals surface area contributed by atoms with Gasteiger partial charge < -0.3 is 4.90 Å². The van der Waals surface area contributed by atoms with Crippen LogP contribution >= 0.6 is 11.3 Å². The van der Waals surface area contributed by atoms with Crippen molar-refractivity contribution in [1.29, 1.82) is 0 Å². The average Bonchev–Trinajstić information content (AvgIpc) is 2.45. The highest BCUT2D eigenvalue weighted by molar-refractivity contribution is 7.24. The summed E-state index contributed by atoms with van der Waals surface area (Å²) in [5, 5.41) is 1.62. The van der Waals surface area contributed by atoms with Crippen LogP contribution in [0.3, 0.4) is 0 Å². The third kappa shape index (κ3) is 2.49. The van der Waals surface area contributed by atoms with Gasteiger partial charge >= 0.3 is 0 Å². The van der Waals surface area contributed by atoms with Gasteiger partial charge in [0.2, 0.25) is 0 Å². The minimum Gasteiger partial charge on any atom is -0.378 e. The van der Waals surface area contributed by atoms with Gasteiger partial charge in [-0.1, -0.05) is 0 Å². The molecule has 114 valence electrons. The van der Waals surface area contributed by atoms with Gasteiger partial charge in [0, 0.05) is 46.0 Å². The number of nitrogens with zero attached hydrogens (tertiary/aromatic N) is 2. The predicted octanol–water partition coefficient (Wildman–Crippen LogP) is 3.68. The number of benzene rings is 2. The van der Waals surface area contributed by atoms with E-state index in [4.69, 9.17) is 0 Å². The summed E-state index contributed by atoms with van der Waals surface area (Å²) >= 11 is 1.69. The number of quaternary nitrogens is 1. The second kappa shape index (κ2) is 5.07. The molecule has 0 radical (unpaired) electrons. The van der Waals surface area contributed by atoms with Crippen LogP contribution < -0.4 is 14.8 Å². The van der Waals surface area contributed by atoms with Crippen LogP contribution in [0.4, 0.5) is 11.4 Å². The summed E-state index contributed by atoms with van der Waals surface area (Å²) in [6.45, 7) is 0. The van der Waals surface area contributed by atoms with Crippen LogP contribution in [0, 0.1) is 0 Å². The van der Waals surface area contributed by atoms with Crippen molar-refractivity contribution in [2.75, 3.05) is 40.1 Å². The van der Waals surface area contributed by atoms with Crippen LogP contribution in [-0.4, -0.2) is 35.2 Å². The summed E-state index contributed by atoms with van der Waals surface area (Å²) in [6.07, 6.45) is 0. The number of hydrogen-bond acceptors (Lipinski definition) is 3. The van der Waals surface area contributed by atoms with Gasteiger partial charge in [-0.05, 0) is 30.3 Å². The van der Waals surface area contributed by atoms with Crippen molar-refractivity contribution < 1.29 is 0 Å². The predicted molar refractivity (Wildman–Crippen MR) is 99.5 cm³/mol. The first-order chi connectivity index (χ1) is 10.3. The smallest absolute Gasteiger partial charge is 0.195 e. The summed E-state index contributed by atoms with van der Waals surface area (Å²) in [5.41, 5.74) is 2.44. The molecule has 1 heterocycles. The van der Waals surface area contributed by atoms with Gasteiger partial charge in [-0.3, -0.25) is 9.28 Å². The first kappa shape index (κ1) is 15.0. The van der Waals surface area contributed by atoms with E-state index in [2.05, 4.69) is 44.2 Å². The first-order valence-corrected chi connectivity index (χ1v) is 8.09. The maximum absolute atomic E-state index is 12.7. The highest BCUT2D eigenvalue weighted by atomic mass is 32.1. The van der Waals surface area contributed by atoms with Crippen molar-refractivity contribution in [2.45, 2.75) is 0 Å². The summed E-state index contributed by atoms with van der Waals surface area (Å²) < 4.78 is 2.84. The Hall–Kier alpha value is -1.91. The highest BCUT2D eigenvalue weighted by Gasteiger charge is 2.15. The number of anilines is 1. The minimum atomic E-state index is 0.127. The lowest BCUT2D eigenvalue weighted by Crippen LogP contribution is -2.34. The van der Waals surface area contributed by atoms with Gasteiger partial charge in [0.1, 0.15) is 5.69 Å². The molecule has 0 amide bonds. The molecular formula is C18H21N2OS+. The van der Waals surface area contributed by atoms with E-state index in [0.29, 0.717) is 0 Å². The van der Waals surface area contributed by atoms with Crippen LogP contribution in [0.1, 0.15) is 0 Å². The van der Waals surface area contributed by atoms with Crippen LogP contribution in [0.25, 0.3) is 20.2 Å². The van der Waals surface area contributed by atoms with Gasteiger partial charge in [-0.15, -0.1) is 11.3 Å². The van der Waals surface area contributed by atoms with E-state index in [-0.39, 0.29) is 5.43 Å². The largest absolute Gasteiger partial charge is 0.378 e. The molecule has 0 aliphatic heterocycles. The molecule has 0 saturated heterocycles. The van der Waals surface area contributed by atoms with Crippen molar-refractivity contribution in [1.82, 2.24) is 4.48 Å². The minimum absolute atomic E-state index is 0.127. The third-order valence-corrected chi connectivity index (χ3v) is 5.05. The zero-order valence-electron chi connectivity index (χ0n) is 13.7. The van der Waals surface area contributed by atoms with Crippen LogP contribution in [-0.2, 0) is 0 Å². The maximum atomic E-state index is 12.7. The maximum Gasteiger partial charge on any atom is 0.195 e. The Balaban J connectivity index is 2.35. The van der Waals surface area contributed by atoms with Gasteiger partial charge in [-0.25, -0.2) is 0 Å². The Morgan fingerprint density at radius 2 is 1.50 bits per heavy atom. The molecule has 0 N–H and O–H groups in total. The van der Waals surface area contributed by atoms with E-state index >= 15 is 0 Å². The lowest BCUT2D eigenvalue weighted by atomic mass is 10.1. The Bertz CT molecular complexity index is 920. The van der Waals surface area contributed by atoms with E-state index < -0.39 is 0 Å². The lowest BCUT2D eigenvalue weighted by Gasteiger charge is -2.23. The van der Waals surface area contributed by atoms with Gasteiger partial charge in [0.05, 0.1) is 21.1 Å². The van der Waals surface area contributed by atoms with E-state index in [9.17, 15) is 4.79 Å². The molecule has 0 aliphatic rings. The zero-order valence-corrected chi connectivity index (χ0v) is 14.5. The molecule has 0 spiro atoms. The van der Waals surface area contributed by atoms with Crippen molar-refractivity contribution in [3.8, 4) is 0 Å². The molecule has 0 bridgehead atoms. The second-order valence-corrected chi connectivity index (χ2v) is 7.78. The summed E-state index contributed by atoms with van der Waals surface area (Å²) in [4.78, 5) is 14.8. The van der Waals surface area contributed by atoms with Crippen LogP contribution in [0.15, 0.2) is 41.2 Å². The molecule has 1 aromatic heterocycles. The van der Waals surface area contributed by atoms with Crippen molar-refractivity contribution >= 4 is 42.9 Å². The molecular weight excluding hydrogens is 292 g/mol. The monoisotopic (exact) mass is 313 g/mol. The Morgan fingerprint density at radius 1 is 0.909 bits per heavy atom. The van der Waals surface area contributed by atoms with Crippen LogP contribution in [0.2, 0.25) is 0 Å². The Morgan fingerprint density at radius 3 is 2.09 bits per heavy atom. The molecule has 2 aromatic carbocycles. The fraction of sp³-hybridized carbons (Fsp3) is 0.278. The van der Waals surface area contributed by atoms with Gasteiger partial charge in [0.15, 0.2) is 5.43 Å². The van der Waals surface area contributed by atoms with Gasteiger partial charge in [0.25, 0.3) is 0 Å². The van der Waals surface area contributed by atoms with Gasteiger partial charge in [-0.2, -0.15) is 0 Å². The lowest BCUT2D eigenvalue weighted by molar-refractivity contribution is 0.487. The molecule has 3 nitrogen and oxygen atoms in total. The number of hydrogen-bond donors (Lipinski definition) is 0. The number of rotatable bonds is 2. The second-order valence-electron chi connectivity index (χ2n) is 6.70. The molecule has 0 atom stereocenters. The van der Waals surface area contributed by atoms with Crippen molar-refractivity contribution in [3.05, 3.63) is 46.6 Å². The summed E-state index contributed by atoms with van der Waals surface area (Å²) in [7, 11) is 10.4. The molecule has 22 heavy (non-hydrogen) atoms. The SMILES string of the molecule is CN(C)c1ccc2c(=O)c3ccc([N+](C)(C)C)cc3sc2c1. The topological polar surface area (TPSA) is 20.3 Å². The fourth-order valence-electron chi connectivity index (χ4n) is 2.53. The standard InChI is InChI=1S/C18H21N2OS/c1-19(2)12-6-8-14-16(10-12)22-17-11-13(20(3,4)5)7-9-15(17)18(14)21/h6-11H,1-5H3/q+1. The molecule has 0 fully saturated rings. The van der Waals surface area contributed by atoms with E-state index in [0.717, 1.165) is 30.3 Å². The Labute approximate surface area is 134 Å². The molecule has 4 heteroatoms. The highest BCUT2D eigenvalue weighted by Crippen LogP contribution is 2.30. The fourth-order valence-corrected chi connectivity index (χ4v) is 3.66. The average molecular weight is 313 g/mol. The van der Waals surface area contributed by atoms with Crippen LogP contribution in [0.5, 0.6) is 0 Å². The molecule has 0 aliphatic carbocycles. The first-order valence-electron chi connectivity index (χ1n) is 7.27. The molecule has 0 saturated carbocycles. The van der Waals surface area contributed by atoms with Crippen molar-refractivity contribution in [2.24, 2.45) is 0 Å². The normalized spacial score (nSPS) is 12.0. The quantitative estimate of drug-likeness (QED) is 0.531. The molecule has 3 rings (SSSR count). The zero-order chi connectivity index (χ0) is 16.1. The number of fused-ring (bicyclic) bond motifs is 2. The third-order valence-electron chi connectivity index (χ3n) is 3.93. The summed E-state index contributed by atoms with van der Waals surface area (Å²) in [6, 6.07) is 12.2. The van der Waals surface area contributed by atoms with E-state index in [1.165, 1.54) is 5.69 Å². The summed E-state index contributed by atoms with van der Waals surface area (Å²) in [5.74, 6) is 0. The molecule has 3 aromatic rings. The van der Waals surface area contributed by atoms with E-state index in [1.807, 2.05) is 32.3 Å². The van der Waals surface area contributed by atoms with Crippen molar-refractivity contribution in [3.63, 3.8) is 0 Å². The molecule has 0 unspecified atom stereocenters. The Kier molecular flexibility index (Phi) is 3.46.